The highest BCUT2D eigenvalue weighted by Gasteiger charge is 2.11. The van der Waals surface area contributed by atoms with E-state index in [9.17, 15) is 14.0 Å². The van der Waals surface area contributed by atoms with Crippen molar-refractivity contribution in [2.24, 2.45) is 0 Å². The first-order valence-electron chi connectivity index (χ1n) is 8.93. The van der Waals surface area contributed by atoms with Crippen molar-refractivity contribution in [3.8, 4) is 0 Å². The van der Waals surface area contributed by atoms with Crippen molar-refractivity contribution in [1.82, 2.24) is 21.2 Å². The number of aromatic nitrogens is 1. The number of nitrogens with one attached hydrogen (secondary N) is 4. The van der Waals surface area contributed by atoms with Gasteiger partial charge in [0.15, 0.2) is 5.13 Å². The van der Waals surface area contributed by atoms with Gasteiger partial charge in [-0.25, -0.2) is 19.6 Å². The highest BCUT2D eigenvalue weighted by molar-refractivity contribution is 7.13. The number of thiazole rings is 1. The fraction of sp³-hybridized carbons (Fsp3) is 0.421. The van der Waals surface area contributed by atoms with E-state index < -0.39 is 6.03 Å². The van der Waals surface area contributed by atoms with Crippen LogP contribution in [0.4, 0.5) is 14.3 Å². The smallest absolute Gasteiger partial charge is 0.329 e. The van der Waals surface area contributed by atoms with Gasteiger partial charge in [0.2, 0.25) is 5.91 Å². The van der Waals surface area contributed by atoms with Crippen molar-refractivity contribution < 1.29 is 14.0 Å². The Morgan fingerprint density at radius 2 is 1.96 bits per heavy atom. The van der Waals surface area contributed by atoms with Crippen LogP contribution in [0.15, 0.2) is 23.6 Å². The van der Waals surface area contributed by atoms with Gasteiger partial charge in [0.1, 0.15) is 5.82 Å². The van der Waals surface area contributed by atoms with E-state index in [1.54, 1.807) is 6.07 Å². The highest BCUT2D eigenvalue weighted by Crippen LogP contribution is 2.18. The minimum Gasteiger partial charge on any atom is -0.333 e. The van der Waals surface area contributed by atoms with Gasteiger partial charge in [-0.3, -0.25) is 10.2 Å². The second-order valence-electron chi connectivity index (χ2n) is 7.43. The number of hydrogen-bond donors (Lipinski definition) is 4. The Morgan fingerprint density at radius 3 is 2.61 bits per heavy atom. The summed E-state index contributed by atoms with van der Waals surface area (Å²) in [5.41, 5.74) is 7.21. The van der Waals surface area contributed by atoms with Gasteiger partial charge in [-0.05, 0) is 45.2 Å². The first-order chi connectivity index (χ1) is 13.1. The molecule has 0 unspecified atom stereocenters. The molecule has 7 nitrogen and oxygen atoms in total. The van der Waals surface area contributed by atoms with E-state index in [1.165, 1.54) is 24.3 Å². The van der Waals surface area contributed by atoms with Crippen molar-refractivity contribution in [2.45, 2.75) is 52.6 Å². The van der Waals surface area contributed by atoms with Crippen LogP contribution in [0.25, 0.3) is 0 Å². The molecule has 0 aliphatic heterocycles. The molecule has 2 aromatic rings. The van der Waals surface area contributed by atoms with Crippen molar-refractivity contribution in [1.29, 1.82) is 0 Å². The van der Waals surface area contributed by atoms with Gasteiger partial charge < -0.3 is 10.6 Å². The third-order valence-corrected chi connectivity index (χ3v) is 4.42. The molecule has 0 radical (unpaired) electrons. The Hall–Kier alpha value is -2.52. The molecule has 0 atom stereocenters. The molecule has 0 aliphatic carbocycles. The van der Waals surface area contributed by atoms with E-state index >= 15 is 0 Å². The number of rotatable bonds is 7. The average molecular weight is 408 g/mol. The van der Waals surface area contributed by atoms with Crippen LogP contribution in [0.3, 0.4) is 0 Å². The van der Waals surface area contributed by atoms with E-state index in [2.05, 4.69) is 26.5 Å². The second-order valence-corrected chi connectivity index (χ2v) is 8.29. The number of amides is 3. The number of halogens is 1. The van der Waals surface area contributed by atoms with Gasteiger partial charge in [0, 0.05) is 30.0 Å². The van der Waals surface area contributed by atoms with Crippen LogP contribution >= 0.6 is 11.3 Å². The second kappa shape index (κ2) is 9.61. The zero-order valence-electron chi connectivity index (χ0n) is 16.5. The van der Waals surface area contributed by atoms with Crippen LogP contribution in [-0.4, -0.2) is 22.5 Å². The molecule has 0 bridgehead atoms. The van der Waals surface area contributed by atoms with Crippen molar-refractivity contribution in [3.63, 3.8) is 0 Å². The van der Waals surface area contributed by atoms with Crippen molar-refractivity contribution >= 4 is 28.4 Å². The predicted octanol–water partition coefficient (Wildman–Crippen LogP) is 3.13. The predicted molar refractivity (Wildman–Crippen MR) is 108 cm³/mol. The molecule has 4 N–H and O–H groups in total. The van der Waals surface area contributed by atoms with Gasteiger partial charge in [-0.15, -0.1) is 11.3 Å². The molecule has 0 spiro atoms. The molecular weight excluding hydrogens is 381 g/mol. The lowest BCUT2D eigenvalue weighted by Gasteiger charge is -2.21. The maximum atomic E-state index is 14.3. The fourth-order valence-corrected chi connectivity index (χ4v) is 3.05. The Morgan fingerprint density at radius 1 is 1.21 bits per heavy atom. The number of nitrogens with zero attached hydrogens (tertiary/aromatic N) is 1. The molecule has 1 aromatic carbocycles. The molecule has 9 heteroatoms. The van der Waals surface area contributed by atoms with Gasteiger partial charge >= 0.3 is 6.03 Å². The first kappa shape index (κ1) is 21.8. The fourth-order valence-electron chi connectivity index (χ4n) is 2.26. The molecule has 0 fully saturated rings. The largest absolute Gasteiger partial charge is 0.333 e. The highest BCUT2D eigenvalue weighted by atomic mass is 32.1. The zero-order chi connectivity index (χ0) is 20.7. The van der Waals surface area contributed by atoms with Crippen LogP contribution in [0.2, 0.25) is 0 Å². The summed E-state index contributed by atoms with van der Waals surface area (Å²) in [6.07, 6.45) is 1.28. The SMILES string of the molecule is CC(=O)Nc1nc(CCc2ccc(CNC(=O)NNC(C)(C)C)c(F)c2)cs1. The van der Waals surface area contributed by atoms with Crippen molar-refractivity contribution in [2.75, 3.05) is 5.32 Å². The summed E-state index contributed by atoms with van der Waals surface area (Å²) in [5.74, 6) is -0.520. The van der Waals surface area contributed by atoms with Crippen LogP contribution in [-0.2, 0) is 24.2 Å². The van der Waals surface area contributed by atoms with Crippen LogP contribution in [0.5, 0.6) is 0 Å². The summed E-state index contributed by atoms with van der Waals surface area (Å²) >= 11 is 1.36. The maximum Gasteiger partial charge on any atom is 0.329 e. The zero-order valence-corrected chi connectivity index (χ0v) is 17.3. The van der Waals surface area contributed by atoms with Gasteiger partial charge in [-0.1, -0.05) is 12.1 Å². The third-order valence-electron chi connectivity index (χ3n) is 3.61. The number of hydrogen-bond acceptors (Lipinski definition) is 5. The molecule has 0 aliphatic rings. The third kappa shape index (κ3) is 7.61. The summed E-state index contributed by atoms with van der Waals surface area (Å²) < 4.78 is 14.3. The normalized spacial score (nSPS) is 11.2. The lowest BCUT2D eigenvalue weighted by molar-refractivity contribution is -0.114. The topological polar surface area (TPSA) is 95.2 Å². The van der Waals surface area contributed by atoms with E-state index in [0.717, 1.165) is 11.3 Å². The molecule has 1 heterocycles. The molecule has 1 aromatic heterocycles. The Kier molecular flexibility index (Phi) is 7.47. The summed E-state index contributed by atoms with van der Waals surface area (Å²) in [6, 6.07) is 4.57. The number of anilines is 1. The Labute approximate surface area is 168 Å². The van der Waals surface area contributed by atoms with E-state index in [4.69, 9.17) is 0 Å². The lowest BCUT2D eigenvalue weighted by atomic mass is 10.1. The molecule has 3 amide bonds. The number of aryl methyl sites for hydroxylation is 2. The molecule has 28 heavy (non-hydrogen) atoms. The molecule has 2 rings (SSSR count). The van der Waals surface area contributed by atoms with E-state index in [-0.39, 0.29) is 23.8 Å². The molecule has 0 saturated heterocycles. The monoisotopic (exact) mass is 407 g/mol. The van der Waals surface area contributed by atoms with Gasteiger partial charge in [-0.2, -0.15) is 0 Å². The summed E-state index contributed by atoms with van der Waals surface area (Å²) in [4.78, 5) is 27.1. The summed E-state index contributed by atoms with van der Waals surface area (Å²) in [7, 11) is 0. The number of urea groups is 1. The van der Waals surface area contributed by atoms with Crippen LogP contribution in [0.1, 0.15) is 44.5 Å². The minimum absolute atomic E-state index is 0.0932. The standard InChI is InChI=1S/C19H26FN5O2S/c1-12(26)22-18-23-15(11-28-18)8-6-13-5-7-14(16(20)9-13)10-21-17(27)24-25-19(2,3)4/h5,7,9,11,25H,6,8,10H2,1-4H3,(H2,21,24,27)(H,22,23,26). The van der Waals surface area contributed by atoms with Gasteiger partial charge in [0.05, 0.1) is 5.69 Å². The first-order valence-corrected chi connectivity index (χ1v) is 9.80. The number of benzene rings is 1. The van der Waals surface area contributed by atoms with Crippen LogP contribution in [0, 0.1) is 5.82 Å². The van der Waals surface area contributed by atoms with E-state index in [0.29, 0.717) is 23.5 Å². The quantitative estimate of drug-likeness (QED) is 0.531. The maximum absolute atomic E-state index is 14.3. The molecule has 152 valence electrons. The lowest BCUT2D eigenvalue weighted by Crippen LogP contribution is -2.52. The molecular formula is C19H26FN5O2S. The van der Waals surface area contributed by atoms with Crippen molar-refractivity contribution in [3.05, 3.63) is 46.2 Å². The number of carbonyl (C=O) groups excluding carboxylic acids is 2. The summed E-state index contributed by atoms with van der Waals surface area (Å²) in [5, 5.41) is 7.70. The Balaban J connectivity index is 1.83. The Bertz CT molecular complexity index is 832. The minimum atomic E-state index is -0.420. The molecule has 0 saturated carbocycles. The van der Waals surface area contributed by atoms with Crippen LogP contribution < -0.4 is 21.5 Å². The summed E-state index contributed by atoms with van der Waals surface area (Å²) in [6.45, 7) is 7.27. The number of carbonyl (C=O) groups is 2. The average Bonchev–Trinajstić information content (AvgIpc) is 3.03. The number of hydrazine groups is 1. The van der Waals surface area contributed by atoms with E-state index in [1.807, 2.05) is 32.2 Å². The van der Waals surface area contributed by atoms with Gasteiger partial charge in [0.25, 0.3) is 0 Å².